The van der Waals surface area contributed by atoms with Gasteiger partial charge in [0.05, 0.1) is 5.56 Å². The van der Waals surface area contributed by atoms with Crippen LogP contribution in [0.3, 0.4) is 0 Å². The van der Waals surface area contributed by atoms with Gasteiger partial charge in [-0.2, -0.15) is 0 Å². The Morgan fingerprint density at radius 1 is 1.19 bits per heavy atom. The molecule has 0 bridgehead atoms. The van der Waals surface area contributed by atoms with Gasteiger partial charge in [0, 0.05) is 6.42 Å². The van der Waals surface area contributed by atoms with Crippen LogP contribution in [-0.4, -0.2) is 16.1 Å². The second-order valence-electron chi connectivity index (χ2n) is 5.08. The minimum atomic E-state index is -0.957. The number of rotatable bonds is 4. The molecule has 4 nitrogen and oxygen atoms in total. The van der Waals surface area contributed by atoms with E-state index in [1.807, 2.05) is 6.07 Å². The molecule has 3 rings (SSSR count). The number of carboxylic acid groups (broad SMARTS) is 1. The fourth-order valence-corrected chi connectivity index (χ4v) is 2.33. The maximum atomic E-state index is 10.9. The first-order valence-corrected chi connectivity index (χ1v) is 6.80. The Balaban J connectivity index is 1.80. The van der Waals surface area contributed by atoms with Gasteiger partial charge in [0.2, 0.25) is 0 Å². The van der Waals surface area contributed by atoms with Gasteiger partial charge in [0.25, 0.3) is 0 Å². The van der Waals surface area contributed by atoms with Crippen LogP contribution in [0.15, 0.2) is 46.9 Å². The van der Waals surface area contributed by atoms with Gasteiger partial charge in [0.15, 0.2) is 11.5 Å². The monoisotopic (exact) mass is 281 g/mol. The van der Waals surface area contributed by atoms with Crippen molar-refractivity contribution in [1.82, 2.24) is 4.98 Å². The predicted molar refractivity (Wildman–Crippen MR) is 79.6 cm³/mol. The van der Waals surface area contributed by atoms with Crippen LogP contribution in [0.25, 0.3) is 11.1 Å². The molecule has 0 radical (unpaired) electrons. The minimum absolute atomic E-state index is 0.223. The molecule has 0 saturated heterocycles. The molecular formula is C17H15NO3. The molecule has 0 atom stereocenters. The van der Waals surface area contributed by atoms with Crippen LogP contribution >= 0.6 is 0 Å². The van der Waals surface area contributed by atoms with E-state index in [9.17, 15) is 4.79 Å². The van der Waals surface area contributed by atoms with Crippen LogP contribution in [0.1, 0.15) is 27.4 Å². The fraction of sp³-hybridized carbons (Fsp3) is 0.176. The average Bonchev–Trinajstić information content (AvgIpc) is 2.87. The molecule has 1 aromatic heterocycles. The lowest BCUT2D eigenvalue weighted by molar-refractivity contribution is 0.0697. The van der Waals surface area contributed by atoms with Crippen molar-refractivity contribution in [3.63, 3.8) is 0 Å². The first-order chi connectivity index (χ1) is 10.1. The number of hydrogen-bond acceptors (Lipinski definition) is 3. The minimum Gasteiger partial charge on any atom is -0.478 e. The lowest BCUT2D eigenvalue weighted by Crippen LogP contribution is -1.94. The molecular weight excluding hydrogens is 266 g/mol. The second-order valence-corrected chi connectivity index (χ2v) is 5.08. The Hall–Kier alpha value is -2.62. The number of oxazole rings is 1. The molecule has 0 unspecified atom stereocenters. The van der Waals surface area contributed by atoms with Crippen molar-refractivity contribution >= 4 is 17.1 Å². The summed E-state index contributed by atoms with van der Waals surface area (Å²) >= 11 is 0. The molecule has 0 spiro atoms. The van der Waals surface area contributed by atoms with Gasteiger partial charge in [-0.25, -0.2) is 9.78 Å². The molecule has 1 heterocycles. The molecule has 0 aliphatic carbocycles. The molecule has 0 aliphatic heterocycles. The SMILES string of the molecule is Cc1cccc(CCc2nc3cc(C(=O)O)ccc3o2)c1. The van der Waals surface area contributed by atoms with E-state index in [0.717, 1.165) is 6.42 Å². The third-order valence-corrected chi connectivity index (χ3v) is 3.39. The number of fused-ring (bicyclic) bond motifs is 1. The van der Waals surface area contributed by atoms with E-state index in [0.29, 0.717) is 23.4 Å². The van der Waals surface area contributed by atoms with Crippen molar-refractivity contribution in [2.75, 3.05) is 0 Å². The maximum Gasteiger partial charge on any atom is 0.335 e. The molecule has 4 heteroatoms. The first kappa shape index (κ1) is 13.4. The third kappa shape index (κ3) is 2.94. The fourth-order valence-electron chi connectivity index (χ4n) is 2.33. The topological polar surface area (TPSA) is 63.3 Å². The Morgan fingerprint density at radius 3 is 2.81 bits per heavy atom. The number of aryl methyl sites for hydroxylation is 3. The summed E-state index contributed by atoms with van der Waals surface area (Å²) in [6, 6.07) is 13.1. The molecule has 0 amide bonds. The van der Waals surface area contributed by atoms with Crippen molar-refractivity contribution in [3.8, 4) is 0 Å². The number of hydrogen-bond donors (Lipinski definition) is 1. The zero-order chi connectivity index (χ0) is 14.8. The summed E-state index contributed by atoms with van der Waals surface area (Å²) in [4.78, 5) is 15.3. The Kier molecular flexibility index (Phi) is 3.44. The summed E-state index contributed by atoms with van der Waals surface area (Å²) in [6.45, 7) is 2.07. The highest BCUT2D eigenvalue weighted by Gasteiger charge is 2.09. The quantitative estimate of drug-likeness (QED) is 0.793. The number of aromatic nitrogens is 1. The van der Waals surface area contributed by atoms with E-state index in [1.165, 1.54) is 23.3 Å². The van der Waals surface area contributed by atoms with Crippen LogP contribution in [0.4, 0.5) is 0 Å². The van der Waals surface area contributed by atoms with Crippen molar-refractivity contribution in [3.05, 3.63) is 65.0 Å². The van der Waals surface area contributed by atoms with Crippen molar-refractivity contribution in [2.24, 2.45) is 0 Å². The maximum absolute atomic E-state index is 10.9. The van der Waals surface area contributed by atoms with E-state index in [4.69, 9.17) is 9.52 Å². The van der Waals surface area contributed by atoms with E-state index in [-0.39, 0.29) is 5.56 Å². The Morgan fingerprint density at radius 2 is 2.05 bits per heavy atom. The average molecular weight is 281 g/mol. The summed E-state index contributed by atoms with van der Waals surface area (Å²) in [7, 11) is 0. The molecule has 2 aromatic carbocycles. The molecule has 106 valence electrons. The third-order valence-electron chi connectivity index (χ3n) is 3.39. The predicted octanol–water partition coefficient (Wildman–Crippen LogP) is 3.62. The van der Waals surface area contributed by atoms with Crippen molar-refractivity contribution in [1.29, 1.82) is 0 Å². The van der Waals surface area contributed by atoms with Gasteiger partial charge in [-0.3, -0.25) is 0 Å². The molecule has 3 aromatic rings. The zero-order valence-corrected chi connectivity index (χ0v) is 11.7. The highest BCUT2D eigenvalue weighted by molar-refractivity contribution is 5.91. The summed E-state index contributed by atoms with van der Waals surface area (Å²) < 4.78 is 5.65. The van der Waals surface area contributed by atoms with E-state index < -0.39 is 5.97 Å². The van der Waals surface area contributed by atoms with Gasteiger partial charge in [-0.05, 0) is 37.1 Å². The normalized spacial score (nSPS) is 10.9. The number of carbonyl (C=O) groups is 1. The van der Waals surface area contributed by atoms with Crippen LogP contribution in [0.5, 0.6) is 0 Å². The summed E-state index contributed by atoms with van der Waals surface area (Å²) in [5.74, 6) is -0.324. The first-order valence-electron chi connectivity index (χ1n) is 6.80. The van der Waals surface area contributed by atoms with Crippen LogP contribution in [0, 0.1) is 6.92 Å². The lowest BCUT2D eigenvalue weighted by atomic mass is 10.1. The highest BCUT2D eigenvalue weighted by Crippen LogP contribution is 2.18. The number of aromatic carboxylic acids is 1. The Bertz CT molecular complexity index is 805. The van der Waals surface area contributed by atoms with E-state index >= 15 is 0 Å². The zero-order valence-electron chi connectivity index (χ0n) is 11.7. The van der Waals surface area contributed by atoms with Crippen molar-refractivity contribution < 1.29 is 14.3 Å². The van der Waals surface area contributed by atoms with E-state index in [2.05, 4.69) is 30.1 Å². The molecule has 21 heavy (non-hydrogen) atoms. The highest BCUT2D eigenvalue weighted by atomic mass is 16.4. The molecule has 0 fully saturated rings. The second kappa shape index (κ2) is 5.40. The van der Waals surface area contributed by atoms with E-state index in [1.54, 1.807) is 6.07 Å². The number of benzene rings is 2. The van der Waals surface area contributed by atoms with Gasteiger partial charge in [-0.15, -0.1) is 0 Å². The van der Waals surface area contributed by atoms with Crippen LogP contribution < -0.4 is 0 Å². The molecule has 1 N–H and O–H groups in total. The Labute approximate surface area is 122 Å². The van der Waals surface area contributed by atoms with Gasteiger partial charge in [0.1, 0.15) is 5.52 Å². The molecule has 0 saturated carbocycles. The standard InChI is InChI=1S/C17H15NO3/c1-11-3-2-4-12(9-11)5-8-16-18-14-10-13(17(19)20)6-7-15(14)21-16/h2-4,6-7,9-10H,5,8H2,1H3,(H,19,20). The number of nitrogens with zero attached hydrogens (tertiary/aromatic N) is 1. The van der Waals surface area contributed by atoms with Crippen LogP contribution in [-0.2, 0) is 12.8 Å². The van der Waals surface area contributed by atoms with Gasteiger partial charge >= 0.3 is 5.97 Å². The lowest BCUT2D eigenvalue weighted by Gasteiger charge is -1.99. The number of carboxylic acids is 1. The van der Waals surface area contributed by atoms with Crippen LogP contribution in [0.2, 0.25) is 0 Å². The van der Waals surface area contributed by atoms with Gasteiger partial charge < -0.3 is 9.52 Å². The van der Waals surface area contributed by atoms with Gasteiger partial charge in [-0.1, -0.05) is 29.8 Å². The summed E-state index contributed by atoms with van der Waals surface area (Å²) in [6.07, 6.45) is 1.54. The van der Waals surface area contributed by atoms with Crippen molar-refractivity contribution in [2.45, 2.75) is 19.8 Å². The smallest absolute Gasteiger partial charge is 0.335 e. The summed E-state index contributed by atoms with van der Waals surface area (Å²) in [5, 5.41) is 8.97. The molecule has 0 aliphatic rings. The largest absolute Gasteiger partial charge is 0.478 e. The summed E-state index contributed by atoms with van der Waals surface area (Å²) in [5.41, 5.74) is 3.91.